The summed E-state index contributed by atoms with van der Waals surface area (Å²) < 4.78 is 0. The standard InChI is InChI=1S/C12H25N3O/c1-3-5-13-11-12(16)15-9-7-14(6-4-2)8-10-15/h13H,3-11H2,1-2H3. The molecule has 0 bridgehead atoms. The van der Waals surface area contributed by atoms with Gasteiger partial charge in [-0.3, -0.25) is 9.69 Å². The van der Waals surface area contributed by atoms with Crippen LogP contribution in [0.5, 0.6) is 0 Å². The molecule has 4 nitrogen and oxygen atoms in total. The molecule has 94 valence electrons. The molecular formula is C12H25N3O. The van der Waals surface area contributed by atoms with Gasteiger partial charge in [0, 0.05) is 26.2 Å². The van der Waals surface area contributed by atoms with E-state index in [4.69, 9.17) is 0 Å². The molecule has 0 aromatic heterocycles. The Hall–Kier alpha value is -0.610. The fourth-order valence-electron chi connectivity index (χ4n) is 2.02. The largest absolute Gasteiger partial charge is 0.339 e. The molecule has 1 heterocycles. The van der Waals surface area contributed by atoms with Crippen molar-refractivity contribution < 1.29 is 4.79 Å². The zero-order chi connectivity index (χ0) is 11.8. The number of amides is 1. The average molecular weight is 227 g/mol. The summed E-state index contributed by atoms with van der Waals surface area (Å²) in [6.07, 6.45) is 2.28. The minimum absolute atomic E-state index is 0.254. The second kappa shape index (κ2) is 7.63. The number of piperazine rings is 1. The van der Waals surface area contributed by atoms with E-state index in [1.807, 2.05) is 4.90 Å². The van der Waals surface area contributed by atoms with Crippen LogP contribution in [0.3, 0.4) is 0 Å². The molecule has 1 fully saturated rings. The zero-order valence-electron chi connectivity index (χ0n) is 10.7. The highest BCUT2D eigenvalue weighted by molar-refractivity contribution is 5.78. The third-order valence-electron chi connectivity index (χ3n) is 2.97. The first-order valence-electron chi connectivity index (χ1n) is 6.48. The summed E-state index contributed by atoms with van der Waals surface area (Å²) in [6.45, 7) is 10.8. The van der Waals surface area contributed by atoms with Gasteiger partial charge in [-0.15, -0.1) is 0 Å². The summed E-state index contributed by atoms with van der Waals surface area (Å²) in [5, 5.41) is 3.16. The molecule has 0 aliphatic carbocycles. The van der Waals surface area contributed by atoms with Gasteiger partial charge in [-0.2, -0.15) is 0 Å². The summed E-state index contributed by atoms with van der Waals surface area (Å²) in [7, 11) is 0. The number of hydrogen-bond donors (Lipinski definition) is 1. The second-order valence-corrected chi connectivity index (χ2v) is 4.40. The van der Waals surface area contributed by atoms with Crippen molar-refractivity contribution in [3.8, 4) is 0 Å². The molecular weight excluding hydrogens is 202 g/mol. The van der Waals surface area contributed by atoms with Crippen LogP contribution in [0.4, 0.5) is 0 Å². The molecule has 0 unspecified atom stereocenters. The van der Waals surface area contributed by atoms with Crippen LogP contribution < -0.4 is 5.32 Å². The Balaban J connectivity index is 2.17. The predicted octanol–water partition coefficient (Wildman–Crippen LogP) is 0.540. The summed E-state index contributed by atoms with van der Waals surface area (Å²) in [5.74, 6) is 0.254. The average Bonchev–Trinajstić information content (AvgIpc) is 2.30. The van der Waals surface area contributed by atoms with Crippen molar-refractivity contribution in [3.05, 3.63) is 0 Å². The molecule has 1 aliphatic rings. The van der Waals surface area contributed by atoms with Crippen LogP contribution in [0.2, 0.25) is 0 Å². The lowest BCUT2D eigenvalue weighted by Gasteiger charge is -2.34. The maximum absolute atomic E-state index is 11.8. The van der Waals surface area contributed by atoms with Gasteiger partial charge in [0.2, 0.25) is 5.91 Å². The molecule has 0 spiro atoms. The Bertz CT molecular complexity index is 200. The molecule has 0 atom stereocenters. The third-order valence-corrected chi connectivity index (χ3v) is 2.97. The van der Waals surface area contributed by atoms with Gasteiger partial charge in [0.05, 0.1) is 6.54 Å². The first-order chi connectivity index (χ1) is 7.77. The highest BCUT2D eigenvalue weighted by Gasteiger charge is 2.19. The summed E-state index contributed by atoms with van der Waals surface area (Å²) >= 11 is 0. The van der Waals surface area contributed by atoms with Crippen molar-refractivity contribution in [2.24, 2.45) is 0 Å². The minimum Gasteiger partial charge on any atom is -0.339 e. The molecule has 0 aromatic rings. The van der Waals surface area contributed by atoms with E-state index in [0.717, 1.165) is 45.7 Å². The van der Waals surface area contributed by atoms with Crippen LogP contribution in [-0.4, -0.2) is 61.5 Å². The van der Waals surface area contributed by atoms with E-state index < -0.39 is 0 Å². The summed E-state index contributed by atoms with van der Waals surface area (Å²) in [5.41, 5.74) is 0. The van der Waals surface area contributed by atoms with Gasteiger partial charge >= 0.3 is 0 Å². The van der Waals surface area contributed by atoms with Gasteiger partial charge in [0.15, 0.2) is 0 Å². The monoisotopic (exact) mass is 227 g/mol. The number of hydrogen-bond acceptors (Lipinski definition) is 3. The molecule has 0 saturated carbocycles. The Morgan fingerprint density at radius 3 is 2.38 bits per heavy atom. The summed E-state index contributed by atoms with van der Waals surface area (Å²) in [4.78, 5) is 16.2. The highest BCUT2D eigenvalue weighted by atomic mass is 16.2. The van der Waals surface area contributed by atoms with Crippen molar-refractivity contribution in [2.45, 2.75) is 26.7 Å². The Labute approximate surface area is 99.0 Å². The van der Waals surface area contributed by atoms with Crippen molar-refractivity contribution in [1.29, 1.82) is 0 Å². The molecule has 0 aromatic carbocycles. The molecule has 0 radical (unpaired) electrons. The van der Waals surface area contributed by atoms with Crippen molar-refractivity contribution in [2.75, 3.05) is 45.8 Å². The first-order valence-corrected chi connectivity index (χ1v) is 6.48. The van der Waals surface area contributed by atoms with E-state index in [-0.39, 0.29) is 5.91 Å². The van der Waals surface area contributed by atoms with Gasteiger partial charge in [0.25, 0.3) is 0 Å². The van der Waals surface area contributed by atoms with Gasteiger partial charge in [-0.05, 0) is 25.9 Å². The number of nitrogens with one attached hydrogen (secondary N) is 1. The van der Waals surface area contributed by atoms with Crippen molar-refractivity contribution >= 4 is 5.91 Å². The van der Waals surface area contributed by atoms with Gasteiger partial charge in [0.1, 0.15) is 0 Å². The molecule has 1 saturated heterocycles. The maximum atomic E-state index is 11.8. The molecule has 1 rings (SSSR count). The Morgan fingerprint density at radius 1 is 1.12 bits per heavy atom. The lowest BCUT2D eigenvalue weighted by molar-refractivity contribution is -0.131. The number of carbonyl (C=O) groups excluding carboxylic acids is 1. The van der Waals surface area contributed by atoms with Crippen LogP contribution in [0.15, 0.2) is 0 Å². The molecule has 4 heteroatoms. The van der Waals surface area contributed by atoms with E-state index in [1.165, 1.54) is 6.42 Å². The van der Waals surface area contributed by atoms with E-state index in [1.54, 1.807) is 0 Å². The highest BCUT2D eigenvalue weighted by Crippen LogP contribution is 2.02. The third kappa shape index (κ3) is 4.49. The maximum Gasteiger partial charge on any atom is 0.236 e. The van der Waals surface area contributed by atoms with Gasteiger partial charge < -0.3 is 10.2 Å². The van der Waals surface area contributed by atoms with Crippen LogP contribution in [0.25, 0.3) is 0 Å². The van der Waals surface area contributed by atoms with Gasteiger partial charge in [-0.25, -0.2) is 0 Å². The Morgan fingerprint density at radius 2 is 1.81 bits per heavy atom. The molecule has 1 amide bonds. The molecule has 1 aliphatic heterocycles. The van der Waals surface area contributed by atoms with Crippen molar-refractivity contribution in [3.63, 3.8) is 0 Å². The smallest absolute Gasteiger partial charge is 0.236 e. The van der Waals surface area contributed by atoms with Crippen molar-refractivity contribution in [1.82, 2.24) is 15.1 Å². The number of carbonyl (C=O) groups is 1. The lowest BCUT2D eigenvalue weighted by Crippen LogP contribution is -2.50. The van der Waals surface area contributed by atoms with Crippen LogP contribution in [0, 0.1) is 0 Å². The summed E-state index contributed by atoms with van der Waals surface area (Å²) in [6, 6.07) is 0. The molecule has 1 N–H and O–H groups in total. The van der Waals surface area contributed by atoms with E-state index >= 15 is 0 Å². The number of nitrogens with zero attached hydrogens (tertiary/aromatic N) is 2. The van der Waals surface area contributed by atoms with E-state index in [9.17, 15) is 4.79 Å². The van der Waals surface area contributed by atoms with E-state index in [2.05, 4.69) is 24.1 Å². The molecule has 16 heavy (non-hydrogen) atoms. The van der Waals surface area contributed by atoms with Crippen LogP contribution >= 0.6 is 0 Å². The minimum atomic E-state index is 0.254. The normalized spacial score (nSPS) is 17.8. The quantitative estimate of drug-likeness (QED) is 0.673. The SMILES string of the molecule is CCCNCC(=O)N1CCN(CCC)CC1. The second-order valence-electron chi connectivity index (χ2n) is 4.40. The fraction of sp³-hybridized carbons (Fsp3) is 0.917. The number of rotatable bonds is 6. The van der Waals surface area contributed by atoms with Crippen LogP contribution in [-0.2, 0) is 4.79 Å². The fourth-order valence-corrected chi connectivity index (χ4v) is 2.02. The zero-order valence-corrected chi connectivity index (χ0v) is 10.7. The topological polar surface area (TPSA) is 35.6 Å². The Kier molecular flexibility index (Phi) is 6.42. The van der Waals surface area contributed by atoms with E-state index in [0.29, 0.717) is 6.54 Å². The first kappa shape index (κ1) is 13.5. The van der Waals surface area contributed by atoms with Crippen LogP contribution in [0.1, 0.15) is 26.7 Å². The lowest BCUT2D eigenvalue weighted by atomic mass is 10.3. The predicted molar refractivity (Wildman–Crippen MR) is 66.5 cm³/mol. The van der Waals surface area contributed by atoms with Gasteiger partial charge in [-0.1, -0.05) is 13.8 Å².